The van der Waals surface area contributed by atoms with Crippen LogP contribution in [-0.4, -0.2) is 38.0 Å². The summed E-state index contributed by atoms with van der Waals surface area (Å²) in [5.41, 5.74) is 0.465. The van der Waals surface area contributed by atoms with Gasteiger partial charge in [-0.05, 0) is 44.4 Å². The number of hydrogen-bond acceptors (Lipinski definition) is 4. The molecule has 0 aromatic heterocycles. The third kappa shape index (κ3) is 3.48. The molecule has 3 rings (SSSR count). The minimum atomic E-state index is -0.175. The number of benzene rings is 2. The first-order valence-electron chi connectivity index (χ1n) is 7.26. The Balaban J connectivity index is 1.84. The molecule has 0 unspecified atom stereocenters. The molecule has 0 aliphatic carbocycles. The molecule has 0 spiro atoms. The predicted octanol–water partition coefficient (Wildman–Crippen LogP) is 3.64. The largest absolute Gasteiger partial charge is 0.449 e. The Kier molecular flexibility index (Phi) is 4.54. The molecule has 6 heteroatoms. The summed E-state index contributed by atoms with van der Waals surface area (Å²) in [5.74, 6) is 2.03. The van der Waals surface area contributed by atoms with Crippen molar-refractivity contribution in [3.63, 3.8) is 0 Å². The fraction of sp³-hybridized carbons (Fsp3) is 0.235. The summed E-state index contributed by atoms with van der Waals surface area (Å²) in [7, 11) is 3.92. The molecule has 0 bridgehead atoms. The number of nitrogens with one attached hydrogen (secondary N) is 1. The van der Waals surface area contributed by atoms with Crippen molar-refractivity contribution in [2.24, 2.45) is 0 Å². The van der Waals surface area contributed by atoms with Crippen LogP contribution in [0.2, 0.25) is 0 Å². The highest BCUT2D eigenvalue weighted by molar-refractivity contribution is 9.10. The lowest BCUT2D eigenvalue weighted by Gasteiger charge is -2.22. The number of para-hydroxylation sites is 1. The highest BCUT2D eigenvalue weighted by atomic mass is 79.9. The molecule has 1 N–H and O–H groups in total. The third-order valence-electron chi connectivity index (χ3n) is 3.41. The summed E-state index contributed by atoms with van der Waals surface area (Å²) in [6.07, 6.45) is 0. The van der Waals surface area contributed by atoms with E-state index in [0.717, 1.165) is 11.0 Å². The second kappa shape index (κ2) is 6.60. The van der Waals surface area contributed by atoms with E-state index in [1.54, 1.807) is 18.2 Å². The van der Waals surface area contributed by atoms with Crippen LogP contribution in [0.4, 0.5) is 0 Å². The molecule has 2 aromatic rings. The zero-order valence-electron chi connectivity index (χ0n) is 12.9. The molecule has 120 valence electrons. The van der Waals surface area contributed by atoms with Crippen LogP contribution in [-0.2, 0) is 0 Å². The number of amides is 1. The highest BCUT2D eigenvalue weighted by Gasteiger charge is 2.24. The Morgan fingerprint density at radius 2 is 1.96 bits per heavy atom. The topological polar surface area (TPSA) is 50.8 Å². The van der Waals surface area contributed by atoms with Crippen molar-refractivity contribution in [1.29, 1.82) is 0 Å². The number of hydrogen-bond donors (Lipinski definition) is 1. The summed E-state index contributed by atoms with van der Waals surface area (Å²) in [6.45, 7) is 1.34. The van der Waals surface area contributed by atoms with Gasteiger partial charge in [0.05, 0.1) is 5.56 Å². The number of halogens is 1. The molecule has 1 heterocycles. The number of likely N-dealkylation sites (N-methyl/N-ethyl adjacent to an activating group) is 1. The van der Waals surface area contributed by atoms with Gasteiger partial charge in [-0.1, -0.05) is 22.0 Å². The number of fused-ring (bicyclic) bond motifs is 2. The van der Waals surface area contributed by atoms with Crippen molar-refractivity contribution in [3.8, 4) is 23.0 Å². The van der Waals surface area contributed by atoms with Gasteiger partial charge in [0.25, 0.3) is 5.91 Å². The van der Waals surface area contributed by atoms with Gasteiger partial charge in [-0.2, -0.15) is 0 Å². The van der Waals surface area contributed by atoms with Crippen LogP contribution >= 0.6 is 15.9 Å². The molecule has 0 saturated heterocycles. The highest BCUT2D eigenvalue weighted by Crippen LogP contribution is 2.47. The number of carbonyl (C=O) groups is 1. The average Bonchev–Trinajstić information content (AvgIpc) is 2.51. The van der Waals surface area contributed by atoms with Gasteiger partial charge in [0.2, 0.25) is 0 Å². The monoisotopic (exact) mass is 376 g/mol. The van der Waals surface area contributed by atoms with Crippen LogP contribution in [0.5, 0.6) is 23.0 Å². The molecule has 1 aliphatic rings. The maximum atomic E-state index is 12.4. The van der Waals surface area contributed by atoms with Crippen molar-refractivity contribution in [2.45, 2.75) is 0 Å². The van der Waals surface area contributed by atoms with Gasteiger partial charge >= 0.3 is 0 Å². The van der Waals surface area contributed by atoms with Crippen LogP contribution < -0.4 is 14.8 Å². The lowest BCUT2D eigenvalue weighted by molar-refractivity contribution is 0.0947. The van der Waals surface area contributed by atoms with E-state index in [4.69, 9.17) is 9.47 Å². The smallest absolute Gasteiger partial charge is 0.255 e. The molecule has 0 fully saturated rings. The first kappa shape index (κ1) is 15.8. The van der Waals surface area contributed by atoms with E-state index in [1.165, 1.54) is 0 Å². The van der Waals surface area contributed by atoms with E-state index < -0.39 is 0 Å². The van der Waals surface area contributed by atoms with Crippen LogP contribution in [0, 0.1) is 0 Å². The first-order chi connectivity index (χ1) is 11.0. The number of ether oxygens (including phenoxy) is 2. The average molecular weight is 377 g/mol. The molecule has 1 amide bonds. The summed E-state index contributed by atoms with van der Waals surface area (Å²) in [6, 6.07) is 10.8. The lowest BCUT2D eigenvalue weighted by Crippen LogP contribution is -2.31. The molecule has 0 radical (unpaired) electrons. The van der Waals surface area contributed by atoms with Crippen molar-refractivity contribution in [2.75, 3.05) is 27.2 Å². The summed E-state index contributed by atoms with van der Waals surface area (Å²) in [4.78, 5) is 14.4. The second-order valence-corrected chi connectivity index (χ2v) is 6.40. The summed E-state index contributed by atoms with van der Waals surface area (Å²) in [5, 5.41) is 2.89. The van der Waals surface area contributed by atoms with E-state index >= 15 is 0 Å². The number of nitrogens with zero attached hydrogens (tertiary/aromatic N) is 1. The van der Waals surface area contributed by atoms with Crippen LogP contribution in [0.1, 0.15) is 10.4 Å². The zero-order chi connectivity index (χ0) is 16.4. The maximum Gasteiger partial charge on any atom is 0.255 e. The minimum Gasteiger partial charge on any atom is -0.449 e. The Labute approximate surface area is 143 Å². The van der Waals surface area contributed by atoms with Crippen molar-refractivity contribution in [3.05, 3.63) is 46.4 Å². The molecular weight excluding hydrogens is 360 g/mol. The van der Waals surface area contributed by atoms with Crippen molar-refractivity contribution >= 4 is 21.8 Å². The summed E-state index contributed by atoms with van der Waals surface area (Å²) < 4.78 is 12.6. The van der Waals surface area contributed by atoms with Crippen LogP contribution in [0.15, 0.2) is 40.9 Å². The first-order valence-corrected chi connectivity index (χ1v) is 8.05. The molecule has 0 saturated carbocycles. The molecule has 5 nitrogen and oxygen atoms in total. The molecule has 23 heavy (non-hydrogen) atoms. The van der Waals surface area contributed by atoms with Gasteiger partial charge in [0, 0.05) is 17.6 Å². The van der Waals surface area contributed by atoms with Crippen molar-refractivity contribution in [1.82, 2.24) is 10.2 Å². The Morgan fingerprint density at radius 3 is 2.74 bits per heavy atom. The van der Waals surface area contributed by atoms with E-state index in [-0.39, 0.29) is 5.91 Å². The molecule has 1 aliphatic heterocycles. The normalized spacial score (nSPS) is 12.0. The third-order valence-corrected chi connectivity index (χ3v) is 3.90. The Bertz CT molecular complexity index is 747. The van der Waals surface area contributed by atoms with Crippen molar-refractivity contribution < 1.29 is 14.3 Å². The molecular formula is C17H17BrN2O3. The quantitative estimate of drug-likeness (QED) is 0.755. The summed E-state index contributed by atoms with van der Waals surface area (Å²) >= 11 is 3.41. The Morgan fingerprint density at radius 1 is 1.13 bits per heavy atom. The van der Waals surface area contributed by atoms with Gasteiger partial charge in [0.15, 0.2) is 23.0 Å². The second-order valence-electron chi connectivity index (χ2n) is 5.49. The molecule has 0 atom stereocenters. The van der Waals surface area contributed by atoms with Gasteiger partial charge in [-0.15, -0.1) is 0 Å². The number of carbonyl (C=O) groups excluding carboxylic acids is 1. The van der Waals surface area contributed by atoms with E-state index in [0.29, 0.717) is 35.1 Å². The van der Waals surface area contributed by atoms with Gasteiger partial charge < -0.3 is 19.7 Å². The van der Waals surface area contributed by atoms with Crippen LogP contribution in [0.3, 0.4) is 0 Å². The minimum absolute atomic E-state index is 0.175. The van der Waals surface area contributed by atoms with E-state index in [2.05, 4.69) is 21.2 Å². The number of rotatable bonds is 4. The Hall–Kier alpha value is -2.05. The van der Waals surface area contributed by atoms with Gasteiger partial charge in [-0.3, -0.25) is 4.79 Å². The van der Waals surface area contributed by atoms with Crippen LogP contribution in [0.25, 0.3) is 0 Å². The standard InChI is InChI=1S/C17H17BrN2O3/c1-20(2)9-8-19-17(21)12-4-3-5-14-16(12)23-15-10-11(18)6-7-13(15)22-14/h3-7,10H,8-9H2,1-2H3,(H,19,21). The van der Waals surface area contributed by atoms with E-state index in [9.17, 15) is 4.79 Å². The van der Waals surface area contributed by atoms with Gasteiger partial charge in [-0.25, -0.2) is 0 Å². The maximum absolute atomic E-state index is 12.4. The van der Waals surface area contributed by atoms with E-state index in [1.807, 2.05) is 37.2 Å². The SMILES string of the molecule is CN(C)CCNC(=O)c1cccc2c1Oc1cc(Br)ccc1O2. The fourth-order valence-electron chi connectivity index (χ4n) is 2.24. The lowest BCUT2D eigenvalue weighted by atomic mass is 10.1. The zero-order valence-corrected chi connectivity index (χ0v) is 14.5. The molecule has 2 aromatic carbocycles. The van der Waals surface area contributed by atoms with Gasteiger partial charge in [0.1, 0.15) is 0 Å². The predicted molar refractivity (Wildman–Crippen MR) is 91.6 cm³/mol. The fourth-order valence-corrected chi connectivity index (χ4v) is 2.58.